The van der Waals surface area contributed by atoms with Crippen molar-refractivity contribution >= 4 is 44.6 Å². The zero-order chi connectivity index (χ0) is 37.3. The van der Waals surface area contributed by atoms with Gasteiger partial charge in [-0.15, -0.1) is 6.58 Å². The highest BCUT2D eigenvalue weighted by atomic mass is 32.2. The minimum atomic E-state index is -3.93. The van der Waals surface area contributed by atoms with Crippen molar-refractivity contribution in [3.63, 3.8) is 0 Å². The van der Waals surface area contributed by atoms with E-state index in [0.29, 0.717) is 25.1 Å². The van der Waals surface area contributed by atoms with E-state index in [1.807, 2.05) is 13.0 Å². The summed E-state index contributed by atoms with van der Waals surface area (Å²) in [6.07, 6.45) is 5.82. The lowest BCUT2D eigenvalue weighted by Crippen LogP contribution is -2.64. The maximum Gasteiger partial charge on any atom is 0.407 e. The van der Waals surface area contributed by atoms with E-state index < -0.39 is 74.1 Å². The second kappa shape index (κ2) is 14.8. The molecule has 1 aromatic heterocycles. The third-order valence-corrected chi connectivity index (χ3v) is 12.1. The molecule has 0 spiro atoms. The van der Waals surface area contributed by atoms with E-state index in [4.69, 9.17) is 9.47 Å². The second-order valence-corrected chi connectivity index (χ2v) is 17.3. The molecule has 3 N–H and O–H groups in total. The monoisotopic (exact) mass is 725 g/mol. The van der Waals surface area contributed by atoms with E-state index in [2.05, 4.69) is 39.1 Å². The van der Waals surface area contributed by atoms with Gasteiger partial charge in [0, 0.05) is 23.9 Å². The molecule has 5 rings (SSSR count). The van der Waals surface area contributed by atoms with Crippen molar-refractivity contribution in [1.82, 2.24) is 25.2 Å². The SMILES string of the molecule is C=C[C@H](C)[C@@](C)(NC(=O)[C@@H]1C[C@@H]2CN1C(=O)[C@H](C(C)(C)C)NC(=O)OCCCCCc1cc(C)c3ccnc(c3c1)O2)C(=O)NS(=O)(=O)C1CC1. The van der Waals surface area contributed by atoms with Crippen LogP contribution in [0.1, 0.15) is 84.3 Å². The minimum Gasteiger partial charge on any atom is -0.472 e. The molecule has 4 bridgehead atoms. The smallest absolute Gasteiger partial charge is 0.407 e. The molecule has 1 saturated heterocycles. The fourth-order valence-electron chi connectivity index (χ4n) is 6.69. The zero-order valence-electron chi connectivity index (χ0n) is 30.4. The van der Waals surface area contributed by atoms with Crippen molar-refractivity contribution in [2.45, 2.75) is 115 Å². The number of sulfonamides is 1. The molecule has 51 heavy (non-hydrogen) atoms. The number of hydrogen-bond donors (Lipinski definition) is 3. The highest BCUT2D eigenvalue weighted by Crippen LogP contribution is 2.33. The molecule has 3 aliphatic rings. The van der Waals surface area contributed by atoms with Gasteiger partial charge in [0.15, 0.2) is 0 Å². The Morgan fingerprint density at radius 3 is 2.51 bits per heavy atom. The molecule has 1 aromatic carbocycles. The fourth-order valence-corrected chi connectivity index (χ4v) is 8.08. The molecule has 2 aromatic rings. The number of nitrogens with one attached hydrogen (secondary N) is 3. The Bertz CT molecular complexity index is 1800. The first-order valence-electron chi connectivity index (χ1n) is 17.7. The van der Waals surface area contributed by atoms with Crippen LogP contribution in [0.25, 0.3) is 10.8 Å². The minimum absolute atomic E-state index is 0.0209. The van der Waals surface area contributed by atoms with Crippen LogP contribution in [0.4, 0.5) is 4.79 Å². The standard InChI is InChI=1S/C37H51N5O8S/c1-8-23(3)37(7,34(45)41-51(47,48)26-13-14-26)40-31(43)29-20-25-21-42(29)33(44)30(36(4,5)6)39-35(46)49-17-11-9-10-12-24-18-22(2)27-15-16-38-32(50-25)28(27)19-24/h8,15-16,18-19,23,25-26,29-30H,1,9-14,17,20-21H2,2-7H3,(H,39,46)(H,40,43)(H,41,45)/t23-,25+,29-,30+,37+/m0/s1. The Kier molecular flexibility index (Phi) is 11.0. The Balaban J connectivity index is 1.52. The quantitative estimate of drug-likeness (QED) is 0.356. The van der Waals surface area contributed by atoms with E-state index in [1.54, 1.807) is 33.9 Å². The van der Waals surface area contributed by atoms with E-state index in [-0.39, 0.29) is 19.6 Å². The average Bonchev–Trinajstić information content (AvgIpc) is 3.84. The third-order valence-electron chi connectivity index (χ3n) is 10.3. The number of rotatable bonds is 7. The molecule has 2 fully saturated rings. The fraction of sp³-hybridized carbons (Fsp3) is 0.595. The average molecular weight is 726 g/mol. The highest BCUT2D eigenvalue weighted by molar-refractivity contribution is 7.91. The maximum absolute atomic E-state index is 14.5. The summed E-state index contributed by atoms with van der Waals surface area (Å²) in [4.78, 5) is 61.3. The summed E-state index contributed by atoms with van der Waals surface area (Å²) >= 11 is 0. The van der Waals surface area contributed by atoms with Crippen LogP contribution in [0.15, 0.2) is 37.1 Å². The van der Waals surface area contributed by atoms with Crippen molar-refractivity contribution in [1.29, 1.82) is 0 Å². The number of carbonyl (C=O) groups is 4. The molecule has 14 heteroatoms. The van der Waals surface area contributed by atoms with Crippen LogP contribution in [0.5, 0.6) is 5.88 Å². The van der Waals surface area contributed by atoms with Crippen LogP contribution in [0.2, 0.25) is 0 Å². The molecule has 5 atom stereocenters. The summed E-state index contributed by atoms with van der Waals surface area (Å²) in [7, 11) is -3.93. The lowest BCUT2D eigenvalue weighted by Gasteiger charge is -2.37. The molecule has 0 unspecified atom stereocenters. The molecular weight excluding hydrogens is 675 g/mol. The van der Waals surface area contributed by atoms with Gasteiger partial charge in [-0.3, -0.25) is 19.1 Å². The van der Waals surface area contributed by atoms with Gasteiger partial charge in [0.05, 0.1) is 18.4 Å². The van der Waals surface area contributed by atoms with E-state index in [1.165, 1.54) is 17.9 Å². The van der Waals surface area contributed by atoms with Crippen molar-refractivity contribution in [3.8, 4) is 5.88 Å². The van der Waals surface area contributed by atoms with Gasteiger partial charge in [-0.05, 0) is 86.4 Å². The van der Waals surface area contributed by atoms with Crippen LogP contribution in [0.3, 0.4) is 0 Å². The number of hydrogen-bond acceptors (Lipinski definition) is 9. The third kappa shape index (κ3) is 8.48. The van der Waals surface area contributed by atoms with Gasteiger partial charge in [-0.1, -0.05) is 39.8 Å². The Labute approximate surface area is 300 Å². The van der Waals surface area contributed by atoms with Crippen LogP contribution in [0, 0.1) is 18.3 Å². The van der Waals surface area contributed by atoms with Gasteiger partial charge in [-0.25, -0.2) is 18.2 Å². The summed E-state index contributed by atoms with van der Waals surface area (Å²) in [5.74, 6) is -2.45. The van der Waals surface area contributed by atoms with Gasteiger partial charge < -0.3 is 25.0 Å². The summed E-state index contributed by atoms with van der Waals surface area (Å²) in [5, 5.41) is 6.66. The number of alkyl carbamates (subject to hydrolysis) is 1. The summed E-state index contributed by atoms with van der Waals surface area (Å²) in [5.41, 5.74) is -0.346. The number of fused-ring (bicyclic) bond motifs is 3. The Morgan fingerprint density at radius 2 is 1.84 bits per heavy atom. The molecule has 3 heterocycles. The molecule has 2 aliphatic heterocycles. The van der Waals surface area contributed by atoms with Crippen molar-refractivity contribution in [2.24, 2.45) is 11.3 Å². The van der Waals surface area contributed by atoms with Gasteiger partial charge in [0.1, 0.15) is 23.7 Å². The number of pyridine rings is 1. The first-order valence-corrected chi connectivity index (χ1v) is 19.3. The zero-order valence-corrected chi connectivity index (χ0v) is 31.2. The van der Waals surface area contributed by atoms with Gasteiger partial charge in [0.25, 0.3) is 5.91 Å². The summed E-state index contributed by atoms with van der Waals surface area (Å²) in [6.45, 7) is 14.5. The van der Waals surface area contributed by atoms with Gasteiger partial charge in [-0.2, -0.15) is 0 Å². The van der Waals surface area contributed by atoms with E-state index in [0.717, 1.165) is 41.2 Å². The Hall–Kier alpha value is -4.20. The first kappa shape index (κ1) is 38.0. The molecule has 278 valence electrons. The lowest BCUT2D eigenvalue weighted by molar-refractivity contribution is -0.143. The van der Waals surface area contributed by atoms with Crippen LogP contribution in [-0.2, 0) is 35.6 Å². The number of carbonyl (C=O) groups excluding carboxylic acids is 4. The second-order valence-electron chi connectivity index (χ2n) is 15.4. The van der Waals surface area contributed by atoms with Crippen molar-refractivity contribution in [3.05, 3.63) is 48.2 Å². The van der Waals surface area contributed by atoms with E-state index >= 15 is 0 Å². The number of amides is 4. The van der Waals surface area contributed by atoms with Gasteiger partial charge in [0.2, 0.25) is 27.7 Å². The predicted octanol–water partition coefficient (Wildman–Crippen LogP) is 4.06. The normalized spacial score (nSPS) is 23.9. The van der Waals surface area contributed by atoms with Crippen molar-refractivity contribution in [2.75, 3.05) is 13.2 Å². The lowest BCUT2D eigenvalue weighted by atomic mass is 9.85. The molecular formula is C37H51N5O8S. The van der Waals surface area contributed by atoms with Crippen LogP contribution in [-0.4, -0.2) is 84.2 Å². The summed E-state index contributed by atoms with van der Waals surface area (Å²) in [6, 6.07) is 3.90. The number of aromatic nitrogens is 1. The van der Waals surface area contributed by atoms with Gasteiger partial charge >= 0.3 is 6.09 Å². The molecule has 13 nitrogen and oxygen atoms in total. The topological polar surface area (TPSA) is 173 Å². The Morgan fingerprint density at radius 1 is 1.12 bits per heavy atom. The number of cyclic esters (lactones) is 1. The first-order chi connectivity index (χ1) is 23.9. The van der Waals surface area contributed by atoms with Crippen molar-refractivity contribution < 1.29 is 37.1 Å². The largest absolute Gasteiger partial charge is 0.472 e. The van der Waals surface area contributed by atoms with Crippen LogP contribution >= 0.6 is 0 Å². The number of aryl methyl sites for hydroxylation is 2. The number of ether oxygens (including phenoxy) is 2. The number of benzene rings is 1. The molecule has 0 radical (unpaired) electrons. The maximum atomic E-state index is 14.5. The van der Waals surface area contributed by atoms with Crippen LogP contribution < -0.4 is 20.1 Å². The molecule has 1 aliphatic carbocycles. The number of nitrogens with zero attached hydrogens (tertiary/aromatic N) is 2. The molecule has 4 amide bonds. The predicted molar refractivity (Wildman–Crippen MR) is 192 cm³/mol. The summed E-state index contributed by atoms with van der Waals surface area (Å²) < 4.78 is 39.6. The van der Waals surface area contributed by atoms with E-state index in [9.17, 15) is 27.6 Å². The molecule has 1 saturated carbocycles. The highest BCUT2D eigenvalue weighted by Gasteiger charge is 2.50.